The molecule has 3 N–H and O–H groups in total. The van der Waals surface area contributed by atoms with Crippen LogP contribution in [0, 0.1) is 5.82 Å². The quantitative estimate of drug-likeness (QED) is 0.788. The zero-order chi connectivity index (χ0) is 16.0. The molecule has 0 fully saturated rings. The van der Waals surface area contributed by atoms with Crippen molar-refractivity contribution < 1.29 is 27.1 Å². The second-order valence-electron chi connectivity index (χ2n) is 4.37. The monoisotopic (exact) mass is 308 g/mol. The van der Waals surface area contributed by atoms with Gasteiger partial charge in [0.1, 0.15) is 5.82 Å². The van der Waals surface area contributed by atoms with E-state index in [1.807, 2.05) is 0 Å². The minimum absolute atomic E-state index is 0.0600. The van der Waals surface area contributed by atoms with Crippen molar-refractivity contribution in [2.24, 2.45) is 5.73 Å². The van der Waals surface area contributed by atoms with E-state index in [1.165, 1.54) is 7.11 Å². The number of ether oxygens (including phenoxy) is 1. The minimum Gasteiger partial charge on any atom is -0.380 e. The molecule has 0 heterocycles. The lowest BCUT2D eigenvalue weighted by Gasteiger charge is -2.15. The molecule has 0 aliphatic heterocycles. The van der Waals surface area contributed by atoms with E-state index in [1.54, 1.807) is 0 Å². The molecule has 21 heavy (non-hydrogen) atoms. The summed E-state index contributed by atoms with van der Waals surface area (Å²) in [6.07, 6.45) is -5.25. The Hall–Kier alpha value is -1.67. The zero-order valence-corrected chi connectivity index (χ0v) is 11.3. The SMILES string of the molecule is COC(CN)CC(=O)NCc1ccc(F)cc1C(F)(F)F. The maximum Gasteiger partial charge on any atom is 0.416 e. The highest BCUT2D eigenvalue weighted by molar-refractivity contribution is 5.76. The van der Waals surface area contributed by atoms with E-state index in [0.29, 0.717) is 6.07 Å². The van der Waals surface area contributed by atoms with Gasteiger partial charge >= 0.3 is 6.18 Å². The normalized spacial score (nSPS) is 13.0. The standard InChI is InChI=1S/C13H16F4N2O2/c1-21-10(6-18)5-12(20)19-7-8-2-3-9(14)4-11(8)13(15,16)17/h2-4,10H,5-7,18H2,1H3,(H,19,20). The summed E-state index contributed by atoms with van der Waals surface area (Å²) in [5.74, 6) is -1.48. The first-order valence-electron chi connectivity index (χ1n) is 6.13. The Balaban J connectivity index is 2.74. The van der Waals surface area contributed by atoms with E-state index in [0.717, 1.165) is 12.1 Å². The average Bonchev–Trinajstić information content (AvgIpc) is 2.42. The molecular weight excluding hydrogens is 292 g/mol. The first-order chi connectivity index (χ1) is 9.77. The maximum atomic E-state index is 12.9. The third-order valence-corrected chi connectivity index (χ3v) is 2.86. The number of rotatable bonds is 6. The summed E-state index contributed by atoms with van der Waals surface area (Å²) in [7, 11) is 1.38. The predicted octanol–water partition coefficient (Wildman–Crippen LogP) is 1.82. The molecule has 0 saturated heterocycles. The van der Waals surface area contributed by atoms with Gasteiger partial charge in [-0.1, -0.05) is 6.07 Å². The summed E-state index contributed by atoms with van der Waals surface area (Å²) >= 11 is 0. The fourth-order valence-corrected chi connectivity index (χ4v) is 1.70. The van der Waals surface area contributed by atoms with E-state index in [2.05, 4.69) is 5.32 Å². The van der Waals surface area contributed by atoms with Crippen LogP contribution in [-0.2, 0) is 22.3 Å². The summed E-state index contributed by atoms with van der Waals surface area (Å²) in [6.45, 7) is -0.233. The van der Waals surface area contributed by atoms with Crippen LogP contribution >= 0.6 is 0 Å². The molecule has 0 aliphatic carbocycles. The molecule has 0 spiro atoms. The summed E-state index contributed by atoms with van der Waals surface area (Å²) in [4.78, 5) is 11.6. The number of nitrogens with two attached hydrogens (primary N) is 1. The van der Waals surface area contributed by atoms with Gasteiger partial charge in [0.25, 0.3) is 0 Å². The van der Waals surface area contributed by atoms with Crippen molar-refractivity contribution >= 4 is 5.91 Å². The van der Waals surface area contributed by atoms with Gasteiger partial charge in [-0.25, -0.2) is 4.39 Å². The summed E-state index contributed by atoms with van der Waals surface area (Å²) in [5.41, 5.74) is 4.03. The molecule has 1 amide bonds. The van der Waals surface area contributed by atoms with Crippen LogP contribution < -0.4 is 11.1 Å². The van der Waals surface area contributed by atoms with Crippen molar-refractivity contribution in [2.75, 3.05) is 13.7 Å². The average molecular weight is 308 g/mol. The van der Waals surface area contributed by atoms with Crippen LogP contribution in [0.1, 0.15) is 17.5 Å². The molecule has 1 rings (SSSR count). The van der Waals surface area contributed by atoms with Gasteiger partial charge in [-0.15, -0.1) is 0 Å². The van der Waals surface area contributed by atoms with Gasteiger partial charge < -0.3 is 15.8 Å². The number of alkyl halides is 3. The van der Waals surface area contributed by atoms with Gasteiger partial charge in [0.05, 0.1) is 18.1 Å². The van der Waals surface area contributed by atoms with Gasteiger partial charge in [-0.05, 0) is 17.7 Å². The lowest BCUT2D eigenvalue weighted by atomic mass is 10.1. The molecule has 1 unspecified atom stereocenters. The molecule has 8 heteroatoms. The number of carbonyl (C=O) groups is 1. The second-order valence-corrected chi connectivity index (χ2v) is 4.37. The molecule has 0 aromatic heterocycles. The topological polar surface area (TPSA) is 64.3 Å². The lowest BCUT2D eigenvalue weighted by molar-refractivity contribution is -0.138. The molecular formula is C13H16F4N2O2. The van der Waals surface area contributed by atoms with Crippen molar-refractivity contribution in [2.45, 2.75) is 25.2 Å². The first kappa shape index (κ1) is 17.4. The molecule has 1 aromatic carbocycles. The summed E-state index contributed by atoms with van der Waals surface area (Å²) < 4.78 is 56.1. The van der Waals surface area contributed by atoms with Crippen LogP contribution in [-0.4, -0.2) is 25.7 Å². The minimum atomic E-state index is -4.69. The van der Waals surface area contributed by atoms with E-state index < -0.39 is 29.6 Å². The second kappa shape index (κ2) is 7.37. The van der Waals surface area contributed by atoms with Crippen molar-refractivity contribution in [1.29, 1.82) is 0 Å². The van der Waals surface area contributed by atoms with Crippen molar-refractivity contribution in [3.63, 3.8) is 0 Å². The molecule has 4 nitrogen and oxygen atoms in total. The first-order valence-corrected chi connectivity index (χ1v) is 6.13. The Kier molecular flexibility index (Phi) is 6.10. The van der Waals surface area contributed by atoms with E-state index in [4.69, 9.17) is 10.5 Å². The van der Waals surface area contributed by atoms with Crippen LogP contribution in [0.15, 0.2) is 18.2 Å². The Morgan fingerprint density at radius 1 is 1.43 bits per heavy atom. The fraction of sp³-hybridized carbons (Fsp3) is 0.462. The number of halogens is 4. The molecule has 1 atom stereocenters. The molecule has 0 bridgehead atoms. The predicted molar refractivity (Wildman–Crippen MR) is 67.7 cm³/mol. The van der Waals surface area contributed by atoms with Crippen molar-refractivity contribution in [3.8, 4) is 0 Å². The number of amides is 1. The number of carbonyl (C=O) groups excluding carboxylic acids is 1. The molecule has 1 aromatic rings. The number of hydrogen-bond donors (Lipinski definition) is 2. The number of methoxy groups -OCH3 is 1. The molecule has 0 aliphatic rings. The van der Waals surface area contributed by atoms with Gasteiger partial charge in [-0.2, -0.15) is 13.2 Å². The van der Waals surface area contributed by atoms with E-state index in [9.17, 15) is 22.4 Å². The third kappa shape index (κ3) is 5.31. The summed E-state index contributed by atoms with van der Waals surface area (Å²) in [6, 6.07) is 2.31. The van der Waals surface area contributed by atoms with Crippen molar-refractivity contribution in [1.82, 2.24) is 5.32 Å². The summed E-state index contributed by atoms with van der Waals surface area (Å²) in [5, 5.41) is 2.33. The Bertz CT molecular complexity index is 488. The third-order valence-electron chi connectivity index (χ3n) is 2.86. The maximum absolute atomic E-state index is 12.9. The molecule has 118 valence electrons. The highest BCUT2D eigenvalue weighted by Gasteiger charge is 2.33. The number of nitrogens with one attached hydrogen (secondary N) is 1. The van der Waals surface area contributed by atoms with Gasteiger partial charge in [0, 0.05) is 20.2 Å². The van der Waals surface area contributed by atoms with E-state index >= 15 is 0 Å². The smallest absolute Gasteiger partial charge is 0.380 e. The van der Waals surface area contributed by atoms with Crippen LogP contribution in [0.2, 0.25) is 0 Å². The fourth-order valence-electron chi connectivity index (χ4n) is 1.70. The van der Waals surface area contributed by atoms with Crippen molar-refractivity contribution in [3.05, 3.63) is 35.1 Å². The van der Waals surface area contributed by atoms with Crippen LogP contribution in [0.4, 0.5) is 17.6 Å². The van der Waals surface area contributed by atoms with Gasteiger partial charge in [-0.3, -0.25) is 4.79 Å². The van der Waals surface area contributed by atoms with Crippen LogP contribution in [0.5, 0.6) is 0 Å². The highest BCUT2D eigenvalue weighted by Crippen LogP contribution is 2.32. The van der Waals surface area contributed by atoms with Crippen LogP contribution in [0.25, 0.3) is 0 Å². The van der Waals surface area contributed by atoms with Crippen LogP contribution in [0.3, 0.4) is 0 Å². The zero-order valence-electron chi connectivity index (χ0n) is 11.3. The Morgan fingerprint density at radius 2 is 2.10 bits per heavy atom. The Morgan fingerprint density at radius 3 is 2.62 bits per heavy atom. The highest BCUT2D eigenvalue weighted by atomic mass is 19.4. The largest absolute Gasteiger partial charge is 0.416 e. The van der Waals surface area contributed by atoms with E-state index in [-0.39, 0.29) is 25.1 Å². The molecule has 0 radical (unpaired) electrons. The Labute approximate surface area is 119 Å². The number of benzene rings is 1. The lowest BCUT2D eigenvalue weighted by Crippen LogP contribution is -2.32. The number of hydrogen-bond acceptors (Lipinski definition) is 3. The molecule has 0 saturated carbocycles. The van der Waals surface area contributed by atoms with Gasteiger partial charge in [0.15, 0.2) is 0 Å². The van der Waals surface area contributed by atoms with Gasteiger partial charge in [0.2, 0.25) is 5.91 Å².